The zero-order chi connectivity index (χ0) is 11.6. The van der Waals surface area contributed by atoms with Crippen LogP contribution in [0.25, 0.3) is 0 Å². The molecule has 0 aromatic rings. The van der Waals surface area contributed by atoms with E-state index in [0.717, 1.165) is 25.4 Å². The molecular weight excluding hydrogens is 204 g/mol. The van der Waals surface area contributed by atoms with E-state index in [9.17, 15) is 4.79 Å². The van der Waals surface area contributed by atoms with Gasteiger partial charge in [-0.25, -0.2) is 0 Å². The first-order chi connectivity index (χ1) is 6.81. The molecule has 1 unspecified atom stereocenters. The second-order valence-electron chi connectivity index (χ2n) is 5.27. The fraction of sp³-hybridized carbons (Fsp3) is 0.667. The molecule has 0 saturated heterocycles. The SMILES string of the molecule is C=C(C)C(=O)C1CCC[C]1O[Si](C)(C)C. The maximum atomic E-state index is 11.9. The molecule has 1 atom stereocenters. The van der Waals surface area contributed by atoms with E-state index in [1.165, 1.54) is 0 Å². The second kappa shape index (κ2) is 4.62. The molecule has 0 N–H and O–H groups in total. The molecule has 2 nitrogen and oxygen atoms in total. The second-order valence-corrected chi connectivity index (χ2v) is 9.70. The maximum absolute atomic E-state index is 11.9. The normalized spacial score (nSPS) is 23.1. The summed E-state index contributed by atoms with van der Waals surface area (Å²) in [6.07, 6.45) is 3.98. The molecule has 0 aromatic carbocycles. The van der Waals surface area contributed by atoms with E-state index >= 15 is 0 Å². The van der Waals surface area contributed by atoms with Gasteiger partial charge in [-0.1, -0.05) is 6.58 Å². The van der Waals surface area contributed by atoms with Crippen molar-refractivity contribution in [3.8, 4) is 0 Å². The lowest BCUT2D eigenvalue weighted by atomic mass is 9.96. The van der Waals surface area contributed by atoms with Gasteiger partial charge in [-0.3, -0.25) is 4.79 Å². The van der Waals surface area contributed by atoms with E-state index in [4.69, 9.17) is 4.43 Å². The third-order valence-corrected chi connectivity index (χ3v) is 3.35. The first-order valence-corrected chi connectivity index (χ1v) is 8.96. The Balaban J connectivity index is 2.65. The van der Waals surface area contributed by atoms with Crippen molar-refractivity contribution in [3.05, 3.63) is 18.3 Å². The van der Waals surface area contributed by atoms with E-state index < -0.39 is 8.32 Å². The summed E-state index contributed by atoms with van der Waals surface area (Å²) < 4.78 is 5.98. The van der Waals surface area contributed by atoms with E-state index in [2.05, 4.69) is 26.2 Å². The van der Waals surface area contributed by atoms with Crippen LogP contribution in [0.15, 0.2) is 12.2 Å². The molecule has 0 aliphatic heterocycles. The molecule has 3 heteroatoms. The molecular formula is C12H21O2Si. The Labute approximate surface area is 93.8 Å². The maximum Gasteiger partial charge on any atom is 0.184 e. The number of ketones is 1. The summed E-state index contributed by atoms with van der Waals surface area (Å²) in [6.45, 7) is 12.0. The van der Waals surface area contributed by atoms with Crippen molar-refractivity contribution < 1.29 is 9.22 Å². The third kappa shape index (κ3) is 3.58. The summed E-state index contributed by atoms with van der Waals surface area (Å²) in [5, 5.41) is 0. The van der Waals surface area contributed by atoms with E-state index in [-0.39, 0.29) is 11.7 Å². The Morgan fingerprint density at radius 1 is 1.47 bits per heavy atom. The van der Waals surface area contributed by atoms with E-state index in [0.29, 0.717) is 5.57 Å². The van der Waals surface area contributed by atoms with Crippen LogP contribution in [0.2, 0.25) is 19.6 Å². The van der Waals surface area contributed by atoms with Gasteiger partial charge in [0.05, 0.1) is 12.0 Å². The van der Waals surface area contributed by atoms with Crippen molar-refractivity contribution in [3.63, 3.8) is 0 Å². The minimum Gasteiger partial charge on any atom is -0.408 e. The predicted octanol–water partition coefficient (Wildman–Crippen LogP) is 3.32. The van der Waals surface area contributed by atoms with Crippen LogP contribution in [0, 0.1) is 12.0 Å². The van der Waals surface area contributed by atoms with Crippen LogP contribution in [0.5, 0.6) is 0 Å². The fourth-order valence-corrected chi connectivity index (χ4v) is 2.94. The molecule has 0 heterocycles. The number of allylic oxidation sites excluding steroid dienone is 1. The van der Waals surface area contributed by atoms with Crippen molar-refractivity contribution in [2.45, 2.75) is 45.8 Å². The van der Waals surface area contributed by atoms with Crippen molar-refractivity contribution in [1.29, 1.82) is 0 Å². The highest BCUT2D eigenvalue weighted by Crippen LogP contribution is 2.38. The van der Waals surface area contributed by atoms with Crippen molar-refractivity contribution in [2.75, 3.05) is 0 Å². The summed E-state index contributed by atoms with van der Waals surface area (Å²) in [5.41, 5.74) is 0.651. The van der Waals surface area contributed by atoms with Gasteiger partial charge in [0.25, 0.3) is 0 Å². The standard InChI is InChI=1S/C12H21O2Si/c1-9(2)12(13)10-7-6-8-11(10)14-15(3,4)5/h10H,1,6-8H2,2-5H3. The molecule has 1 aliphatic carbocycles. The minimum absolute atomic E-state index is 0.00535. The molecule has 1 aliphatic rings. The predicted molar refractivity (Wildman–Crippen MR) is 64.8 cm³/mol. The van der Waals surface area contributed by atoms with Crippen LogP contribution < -0.4 is 0 Å². The van der Waals surface area contributed by atoms with Gasteiger partial charge in [0.15, 0.2) is 14.1 Å². The molecule has 1 saturated carbocycles. The summed E-state index contributed by atoms with van der Waals surface area (Å²) >= 11 is 0. The number of rotatable bonds is 4. The Morgan fingerprint density at radius 3 is 2.53 bits per heavy atom. The lowest BCUT2D eigenvalue weighted by molar-refractivity contribution is -0.119. The average Bonchev–Trinajstić information content (AvgIpc) is 2.47. The zero-order valence-electron chi connectivity index (χ0n) is 10.2. The molecule has 0 amide bonds. The van der Waals surface area contributed by atoms with Gasteiger partial charge in [0.1, 0.15) is 0 Å². The van der Waals surface area contributed by atoms with Gasteiger partial charge in [0, 0.05) is 0 Å². The van der Waals surface area contributed by atoms with Gasteiger partial charge >= 0.3 is 0 Å². The Bertz CT molecular complexity index is 265. The number of carbonyl (C=O) groups is 1. The summed E-state index contributed by atoms with van der Waals surface area (Å²) in [4.78, 5) is 11.9. The van der Waals surface area contributed by atoms with Crippen molar-refractivity contribution in [1.82, 2.24) is 0 Å². The minimum atomic E-state index is -1.56. The van der Waals surface area contributed by atoms with E-state index in [1.54, 1.807) is 6.92 Å². The van der Waals surface area contributed by atoms with Crippen molar-refractivity contribution >= 4 is 14.1 Å². The third-order valence-electron chi connectivity index (χ3n) is 2.48. The smallest absolute Gasteiger partial charge is 0.184 e. The number of Topliss-reactive ketones (excluding diaryl/α,β-unsaturated/α-hetero) is 1. The van der Waals surface area contributed by atoms with Crippen LogP contribution in [0.4, 0.5) is 0 Å². The number of carbonyl (C=O) groups excluding carboxylic acids is 1. The summed E-state index contributed by atoms with van der Waals surface area (Å²) in [5.74, 6) is 0.162. The Morgan fingerprint density at radius 2 is 2.07 bits per heavy atom. The fourth-order valence-electron chi connectivity index (χ4n) is 1.91. The number of hydrogen-bond donors (Lipinski definition) is 0. The highest BCUT2D eigenvalue weighted by molar-refractivity contribution is 6.69. The van der Waals surface area contributed by atoms with Crippen LogP contribution in [0.1, 0.15) is 26.2 Å². The van der Waals surface area contributed by atoms with E-state index in [1.807, 2.05) is 0 Å². The average molecular weight is 225 g/mol. The lowest BCUT2D eigenvalue weighted by Crippen LogP contribution is -2.31. The molecule has 1 radical (unpaired) electrons. The Kier molecular flexibility index (Phi) is 3.90. The quantitative estimate of drug-likeness (QED) is 0.542. The monoisotopic (exact) mass is 225 g/mol. The number of hydrogen-bond acceptors (Lipinski definition) is 2. The molecule has 1 rings (SSSR count). The van der Waals surface area contributed by atoms with Crippen molar-refractivity contribution in [2.24, 2.45) is 5.92 Å². The van der Waals surface area contributed by atoms with Gasteiger partial charge in [0.2, 0.25) is 0 Å². The lowest BCUT2D eigenvalue weighted by Gasteiger charge is -2.26. The van der Waals surface area contributed by atoms with Gasteiger partial charge < -0.3 is 4.43 Å². The molecule has 0 spiro atoms. The molecule has 15 heavy (non-hydrogen) atoms. The van der Waals surface area contributed by atoms with Gasteiger partial charge in [-0.05, 0) is 51.4 Å². The summed E-state index contributed by atoms with van der Waals surface area (Å²) in [6, 6.07) is 0. The largest absolute Gasteiger partial charge is 0.408 e. The van der Waals surface area contributed by atoms with Gasteiger partial charge in [-0.2, -0.15) is 0 Å². The topological polar surface area (TPSA) is 26.3 Å². The molecule has 0 bridgehead atoms. The molecule has 85 valence electrons. The van der Waals surface area contributed by atoms with Crippen LogP contribution in [-0.2, 0) is 9.22 Å². The molecule has 1 fully saturated rings. The van der Waals surface area contributed by atoms with Crippen LogP contribution in [0.3, 0.4) is 0 Å². The summed E-state index contributed by atoms with van der Waals surface area (Å²) in [7, 11) is -1.56. The Hall–Kier alpha value is -0.413. The first-order valence-electron chi connectivity index (χ1n) is 5.56. The van der Waals surface area contributed by atoms with Crippen LogP contribution in [-0.4, -0.2) is 14.1 Å². The zero-order valence-corrected chi connectivity index (χ0v) is 11.2. The molecule has 0 aromatic heterocycles. The highest BCUT2D eigenvalue weighted by Gasteiger charge is 2.37. The highest BCUT2D eigenvalue weighted by atomic mass is 28.4. The van der Waals surface area contributed by atoms with Crippen LogP contribution >= 0.6 is 0 Å². The first kappa shape index (κ1) is 12.7. The van der Waals surface area contributed by atoms with Gasteiger partial charge in [-0.15, -0.1) is 0 Å².